The summed E-state index contributed by atoms with van der Waals surface area (Å²) in [6.45, 7) is 6.30. The molecule has 0 aliphatic rings. The second-order valence-electron chi connectivity index (χ2n) is 25.0. The van der Waals surface area contributed by atoms with Crippen molar-refractivity contribution >= 4 is 58.0 Å². The van der Waals surface area contributed by atoms with Gasteiger partial charge in [0.25, 0.3) is 16.7 Å². The van der Waals surface area contributed by atoms with Gasteiger partial charge in [-0.2, -0.15) is 0 Å². The van der Waals surface area contributed by atoms with Crippen LogP contribution in [0.3, 0.4) is 0 Å². The molecule has 3 atom stereocenters. The second kappa shape index (κ2) is 37.2. The summed E-state index contributed by atoms with van der Waals surface area (Å²) in [6, 6.07) is 32.6. The van der Waals surface area contributed by atoms with Gasteiger partial charge in [-0.3, -0.25) is 58.2 Å². The van der Waals surface area contributed by atoms with Gasteiger partial charge in [0.15, 0.2) is 11.6 Å². The molecule has 0 bridgehead atoms. The number of aromatic nitrogens is 11. The largest absolute Gasteiger partial charge is 0.506 e. The lowest BCUT2D eigenvalue weighted by molar-refractivity contribution is 0.0683. The van der Waals surface area contributed by atoms with Crippen molar-refractivity contribution in [3.63, 3.8) is 0 Å². The molecule has 570 valence electrons. The Morgan fingerprint density at radius 1 is 0.587 bits per heavy atom. The van der Waals surface area contributed by atoms with Gasteiger partial charge >= 0.3 is 0 Å². The summed E-state index contributed by atoms with van der Waals surface area (Å²) < 4.78 is 106. The minimum atomic E-state index is -2.73. The summed E-state index contributed by atoms with van der Waals surface area (Å²) in [5, 5.41) is 46.1. The van der Waals surface area contributed by atoms with Gasteiger partial charge in [-0.05, 0) is 141 Å². The number of carbonyl (C=O) groups is 1. The number of aryl methyl sites for hydroxylation is 6. The van der Waals surface area contributed by atoms with Crippen LogP contribution in [-0.2, 0) is 30.3 Å². The Balaban J connectivity index is 0.000000219. The Morgan fingerprint density at radius 2 is 1.01 bits per heavy atom. The third kappa shape index (κ3) is 22.8. The van der Waals surface area contributed by atoms with Crippen molar-refractivity contribution in [3.05, 3.63) is 290 Å². The number of carbonyl (C=O) groups excluding carboxylic acids is 1. The SMILES string of the molecule is Cc1cnc(C(=O)/C=C/N(C)C)cc1-n1c(C)cc(OCc2ccccc2)c(Cl)c1=O.Fc1cnc(CCl)c(F)c1.[2H]C([2H])([2H])C(C)(O)C(=N)N.[2H]C([2H])([2H])C(C)(O)c1nccc(-c2cc(-n3c(C)cc(O)c(Cl)c3=O)c(C)cn2)n1.[2H]C([2H])([2H])C(C)(O)c1nccc(-c2cc(-n3c(C)cc(OCc4ccccc4)c(Cl)c3=O)c(C)cn2)n1. The number of nitrogens with two attached hydrogens (primary N) is 1. The Hall–Kier alpha value is -11.0. The third-order valence-electron chi connectivity index (χ3n) is 15.4. The van der Waals surface area contributed by atoms with Crippen LogP contribution >= 0.6 is 46.4 Å². The molecule has 24 nitrogen and oxygen atoms in total. The van der Waals surface area contributed by atoms with E-state index in [1.807, 2.05) is 81.7 Å². The number of alkyl halides is 1. The normalized spacial score (nSPS) is 14.1. The maximum atomic E-state index is 13.3. The maximum absolute atomic E-state index is 13.3. The molecule has 11 aromatic rings. The highest BCUT2D eigenvalue weighted by atomic mass is 35.5. The van der Waals surface area contributed by atoms with Crippen LogP contribution in [0.15, 0.2) is 179 Å². The summed E-state index contributed by atoms with van der Waals surface area (Å²) in [4.78, 5) is 85.9. The van der Waals surface area contributed by atoms with Crippen LogP contribution in [0, 0.1) is 58.6 Å². The quantitative estimate of drug-likeness (QED) is 0.0153. The van der Waals surface area contributed by atoms with Crippen LogP contribution in [0.2, 0.25) is 15.1 Å². The Labute approximate surface area is 660 Å². The highest BCUT2D eigenvalue weighted by Crippen LogP contribution is 2.31. The first-order valence-electron chi connectivity index (χ1n) is 37.1. The monoisotopic (exact) mass is 1570 g/mol. The predicted molar refractivity (Wildman–Crippen MR) is 418 cm³/mol. The van der Waals surface area contributed by atoms with Gasteiger partial charge in [-0.25, -0.2) is 28.7 Å². The fourth-order valence-electron chi connectivity index (χ4n) is 9.63. The van der Waals surface area contributed by atoms with Crippen molar-refractivity contribution in [1.29, 1.82) is 5.41 Å². The number of aliphatic hydroxyl groups is 3. The molecular weight excluding hydrogens is 1480 g/mol. The number of nitrogens with zero attached hydrogens (tertiary/aromatic N) is 12. The summed E-state index contributed by atoms with van der Waals surface area (Å²) in [5.74, 6) is -2.66. The number of hydrogen-bond acceptors (Lipinski definition) is 20. The lowest BCUT2D eigenvalue weighted by Gasteiger charge is -2.17. The number of halogens is 6. The van der Waals surface area contributed by atoms with E-state index >= 15 is 0 Å². The second-order valence-corrected chi connectivity index (χ2v) is 26.4. The van der Waals surface area contributed by atoms with Gasteiger partial charge < -0.3 is 40.5 Å². The first-order chi connectivity index (χ1) is 54.9. The average molecular weight is 1580 g/mol. The standard InChI is InChI=1S/C26H25ClN4O3.C24H24ClN3O3.C19H19ClN4O3.C6H4ClF2N.C4H10N2O/c1-16-14-29-20(19-10-11-28-25(30-19)26(3,4)33)13-21(16)31-17(2)12-22(23(27)24(31)32)34-15-18-8-6-5-7-9-18;1-16-14-26-19(21(29)10-11-27(3)4)13-20(16)28-17(2)12-22(23(25)24(28)30)31-15-18-8-6-5-7-9-18;1-10-9-22-13(12-5-6-21-18(23-12)19(3,4)27)8-14(10)24-11(2)7-15(25)16(20)17(24)26;7-2-6-5(9)1-4(8)3-10-6;1-4(2,7)3(5)6/h5-14,33H,15H2,1-4H3;5-14H,15H2,1-4H3;5-9,25,27H,1-4H3;1,3H,2H2;7H,1-2H3,(H3,5,6)/b;11-10+;;;/i3D3;;3D3;;1D3. The van der Waals surface area contributed by atoms with E-state index in [2.05, 4.69) is 39.9 Å². The van der Waals surface area contributed by atoms with Crippen molar-refractivity contribution in [3.8, 4) is 57.1 Å². The molecule has 2 aromatic carbocycles. The molecule has 109 heavy (non-hydrogen) atoms. The number of hydrogen-bond donors (Lipinski definition) is 6. The van der Waals surface area contributed by atoms with Crippen LogP contribution in [0.25, 0.3) is 39.8 Å². The lowest BCUT2D eigenvalue weighted by Crippen LogP contribution is -2.36. The van der Waals surface area contributed by atoms with Gasteiger partial charge in [0.2, 0.25) is 5.78 Å². The minimum absolute atomic E-state index is 0.0156. The van der Waals surface area contributed by atoms with Crippen molar-refractivity contribution in [2.24, 2.45) is 5.73 Å². The molecule has 30 heteroatoms. The molecular formula is C79H82Cl4F2N14O10. The topological polar surface area (TPSA) is 339 Å². The number of aromatic hydroxyl groups is 1. The summed E-state index contributed by atoms with van der Waals surface area (Å²) in [7, 11) is 3.65. The number of nitrogens with one attached hydrogen (secondary N) is 1. The molecule has 0 saturated carbocycles. The predicted octanol–water partition coefficient (Wildman–Crippen LogP) is 13.8. The van der Waals surface area contributed by atoms with Crippen LogP contribution in [0.1, 0.15) is 126 Å². The minimum Gasteiger partial charge on any atom is -0.506 e. The summed E-state index contributed by atoms with van der Waals surface area (Å²) in [5.41, 5.74) is 5.43. The lowest BCUT2D eigenvalue weighted by atomic mass is 10.1. The fourth-order valence-corrected chi connectivity index (χ4v) is 10.4. The molecule has 0 saturated heterocycles. The summed E-state index contributed by atoms with van der Waals surface area (Å²) in [6.07, 6.45) is 11.4. The average Bonchev–Trinajstić information content (AvgIpc) is 0.781. The number of amidine groups is 1. The molecule has 0 radical (unpaired) electrons. The Morgan fingerprint density at radius 3 is 1.40 bits per heavy atom. The molecule has 0 amide bonds. The number of ether oxygens (including phenoxy) is 2. The van der Waals surface area contributed by atoms with Crippen LogP contribution < -0.4 is 31.9 Å². The van der Waals surface area contributed by atoms with E-state index in [9.17, 15) is 43.3 Å². The van der Waals surface area contributed by atoms with Crippen molar-refractivity contribution < 1.29 is 55.8 Å². The van der Waals surface area contributed by atoms with Crippen LogP contribution in [0.4, 0.5) is 8.78 Å². The highest BCUT2D eigenvalue weighted by molar-refractivity contribution is 6.32. The van der Waals surface area contributed by atoms with E-state index < -0.39 is 71.5 Å². The number of pyridine rings is 7. The molecule has 3 unspecified atom stereocenters. The van der Waals surface area contributed by atoms with E-state index in [1.165, 1.54) is 50.5 Å². The van der Waals surface area contributed by atoms with Gasteiger partial charge in [-0.1, -0.05) is 95.5 Å². The number of benzene rings is 2. The molecule has 0 aliphatic heterocycles. The van der Waals surface area contributed by atoms with Crippen molar-refractivity contribution in [1.82, 2.24) is 58.5 Å². The van der Waals surface area contributed by atoms with E-state index in [0.29, 0.717) is 69.0 Å². The number of ketones is 1. The Kier molecular flexibility index (Phi) is 24.7. The number of rotatable bonds is 18. The molecule has 0 fully saturated rings. The molecule has 9 heterocycles. The van der Waals surface area contributed by atoms with Gasteiger partial charge in [-0.15, -0.1) is 11.6 Å². The first-order valence-corrected chi connectivity index (χ1v) is 34.3. The zero-order valence-electron chi connectivity index (χ0n) is 69.7. The van der Waals surface area contributed by atoms with E-state index in [0.717, 1.165) is 49.7 Å². The fraction of sp³-hybridized carbons (Fsp3) is 0.253. The zero-order chi connectivity index (χ0) is 88.1. The zero-order valence-corrected chi connectivity index (χ0v) is 63.7. The highest BCUT2D eigenvalue weighted by Gasteiger charge is 2.25. The summed E-state index contributed by atoms with van der Waals surface area (Å²) >= 11 is 24.0. The molecule has 7 N–H and O–H groups in total. The smallest absolute Gasteiger partial charge is 0.277 e. The third-order valence-corrected chi connectivity index (χ3v) is 16.7. The van der Waals surface area contributed by atoms with E-state index in [4.69, 9.17) is 84.5 Å². The molecule has 0 spiro atoms. The van der Waals surface area contributed by atoms with Crippen LogP contribution in [0.5, 0.6) is 17.2 Å². The maximum Gasteiger partial charge on any atom is 0.277 e. The first kappa shape index (κ1) is 72.2. The van der Waals surface area contributed by atoms with Gasteiger partial charge in [0.05, 0.1) is 57.6 Å². The number of allylic oxidation sites excluding steroid dienone is 1. The van der Waals surface area contributed by atoms with Gasteiger partial charge in [0, 0.05) is 111 Å². The van der Waals surface area contributed by atoms with Crippen molar-refractivity contribution in [2.75, 3.05) is 14.1 Å². The molecule has 9 aromatic heterocycles. The van der Waals surface area contributed by atoms with Crippen molar-refractivity contribution in [2.45, 2.75) is 119 Å². The molecule has 11 rings (SSSR count). The molecule has 0 aliphatic carbocycles. The van der Waals surface area contributed by atoms with Gasteiger partial charge in [0.1, 0.15) is 85.5 Å². The van der Waals surface area contributed by atoms with E-state index in [-0.39, 0.29) is 79.3 Å². The van der Waals surface area contributed by atoms with E-state index in [1.54, 1.807) is 94.5 Å². The Bertz CT molecular complexity index is 5710. The van der Waals surface area contributed by atoms with Crippen LogP contribution in [-0.4, -0.2) is 110 Å².